The number of nitrogens with zero attached hydrogens (tertiary/aromatic N) is 2. The molecule has 1 unspecified atom stereocenters. The van der Waals surface area contributed by atoms with Gasteiger partial charge in [-0.05, 0) is 43.0 Å². The molecular formula is C17H23N3OS. The van der Waals surface area contributed by atoms with E-state index in [4.69, 9.17) is 0 Å². The van der Waals surface area contributed by atoms with E-state index in [0.717, 1.165) is 25.2 Å². The fourth-order valence-electron chi connectivity index (χ4n) is 3.34. The van der Waals surface area contributed by atoms with E-state index in [2.05, 4.69) is 38.4 Å². The van der Waals surface area contributed by atoms with Crippen LogP contribution in [0.15, 0.2) is 29.6 Å². The van der Waals surface area contributed by atoms with Crippen molar-refractivity contribution in [2.75, 3.05) is 13.6 Å². The lowest BCUT2D eigenvalue weighted by Gasteiger charge is -2.36. The molecule has 1 saturated heterocycles. The Morgan fingerprint density at radius 1 is 1.36 bits per heavy atom. The third-order valence-electron chi connectivity index (χ3n) is 4.51. The molecular weight excluding hydrogens is 294 g/mol. The van der Waals surface area contributed by atoms with Crippen LogP contribution in [0.3, 0.4) is 0 Å². The number of hydrogen-bond donors (Lipinski definition) is 1. The third kappa shape index (κ3) is 2.96. The number of thiophene rings is 1. The van der Waals surface area contributed by atoms with E-state index in [0.29, 0.717) is 6.04 Å². The van der Waals surface area contributed by atoms with Crippen molar-refractivity contribution >= 4 is 17.2 Å². The van der Waals surface area contributed by atoms with Gasteiger partial charge in [0.05, 0.1) is 6.04 Å². The normalized spacial score (nSPS) is 19.3. The predicted molar refractivity (Wildman–Crippen MR) is 90.1 cm³/mol. The molecule has 4 nitrogen and oxygen atoms in total. The van der Waals surface area contributed by atoms with Gasteiger partial charge in [0, 0.05) is 31.2 Å². The minimum Gasteiger partial charge on any atom is -0.354 e. The molecule has 118 valence electrons. The Bertz CT molecular complexity index is 632. The van der Waals surface area contributed by atoms with Crippen LogP contribution in [0.25, 0.3) is 0 Å². The molecule has 5 heteroatoms. The molecule has 0 radical (unpaired) electrons. The van der Waals surface area contributed by atoms with Crippen LogP contribution in [0, 0.1) is 0 Å². The third-order valence-corrected chi connectivity index (χ3v) is 5.38. The van der Waals surface area contributed by atoms with Crippen LogP contribution < -0.4 is 5.32 Å². The largest absolute Gasteiger partial charge is 0.354 e. The number of nitrogens with one attached hydrogen (secondary N) is 1. The number of hydrogen-bond acceptors (Lipinski definition) is 3. The average Bonchev–Trinajstić information content (AvgIpc) is 3.17. The van der Waals surface area contributed by atoms with E-state index in [1.165, 1.54) is 23.4 Å². The van der Waals surface area contributed by atoms with Gasteiger partial charge < -0.3 is 9.88 Å². The van der Waals surface area contributed by atoms with E-state index in [1.54, 1.807) is 7.05 Å². The molecule has 0 spiro atoms. The summed E-state index contributed by atoms with van der Waals surface area (Å²) >= 11 is 1.82. The summed E-state index contributed by atoms with van der Waals surface area (Å²) in [7, 11) is 3.68. The summed E-state index contributed by atoms with van der Waals surface area (Å²) in [5.41, 5.74) is 1.98. The summed E-state index contributed by atoms with van der Waals surface area (Å²) in [4.78, 5) is 15.9. The zero-order valence-electron chi connectivity index (χ0n) is 13.2. The van der Waals surface area contributed by atoms with Crippen LogP contribution in [0.4, 0.5) is 0 Å². The smallest absolute Gasteiger partial charge is 0.267 e. The van der Waals surface area contributed by atoms with Gasteiger partial charge in [-0.25, -0.2) is 0 Å². The second-order valence-electron chi connectivity index (χ2n) is 5.84. The SMILES string of the molecule is CNC(=O)c1ccc(C2CCCCN2Cc2cccs2)n1C. The molecule has 1 aliphatic heterocycles. The number of amides is 1. The number of aromatic nitrogens is 1. The summed E-state index contributed by atoms with van der Waals surface area (Å²) in [6, 6.07) is 8.77. The molecule has 1 amide bonds. The fourth-order valence-corrected chi connectivity index (χ4v) is 4.07. The standard InChI is InChI=1S/C17H23N3OS/c1-18-17(21)16-9-8-14(19(16)2)15-7-3-4-10-20(15)12-13-6-5-11-22-13/h5-6,8-9,11,15H,3-4,7,10,12H2,1-2H3,(H,18,21). The van der Waals surface area contributed by atoms with Crippen LogP contribution in [0.1, 0.15) is 46.4 Å². The highest BCUT2D eigenvalue weighted by Gasteiger charge is 2.27. The molecule has 1 fully saturated rings. The maximum atomic E-state index is 11.9. The number of carbonyl (C=O) groups is 1. The maximum Gasteiger partial charge on any atom is 0.267 e. The van der Waals surface area contributed by atoms with Crippen molar-refractivity contribution < 1.29 is 4.79 Å². The van der Waals surface area contributed by atoms with Crippen molar-refractivity contribution in [3.8, 4) is 0 Å². The molecule has 0 aromatic carbocycles. The zero-order chi connectivity index (χ0) is 15.5. The van der Waals surface area contributed by atoms with Gasteiger partial charge in [-0.3, -0.25) is 9.69 Å². The van der Waals surface area contributed by atoms with Gasteiger partial charge in [-0.1, -0.05) is 12.5 Å². The van der Waals surface area contributed by atoms with Crippen LogP contribution in [-0.4, -0.2) is 29.0 Å². The lowest BCUT2D eigenvalue weighted by molar-refractivity contribution is 0.0952. The van der Waals surface area contributed by atoms with Crippen molar-refractivity contribution in [2.24, 2.45) is 7.05 Å². The van der Waals surface area contributed by atoms with Crippen LogP contribution >= 0.6 is 11.3 Å². The van der Waals surface area contributed by atoms with Gasteiger partial charge >= 0.3 is 0 Å². The Kier molecular flexibility index (Phi) is 4.64. The van der Waals surface area contributed by atoms with Crippen molar-refractivity contribution in [2.45, 2.75) is 31.8 Å². The summed E-state index contributed by atoms with van der Waals surface area (Å²) in [5, 5.41) is 4.85. The van der Waals surface area contributed by atoms with Crippen molar-refractivity contribution in [1.29, 1.82) is 0 Å². The van der Waals surface area contributed by atoms with Gasteiger partial charge in [0.1, 0.15) is 5.69 Å². The monoisotopic (exact) mass is 317 g/mol. The first-order chi connectivity index (χ1) is 10.7. The molecule has 0 aliphatic carbocycles. The lowest BCUT2D eigenvalue weighted by Crippen LogP contribution is -2.34. The van der Waals surface area contributed by atoms with Gasteiger partial charge in [0.25, 0.3) is 5.91 Å². The first-order valence-electron chi connectivity index (χ1n) is 7.85. The molecule has 3 heterocycles. The Balaban J connectivity index is 1.84. The highest BCUT2D eigenvalue weighted by atomic mass is 32.1. The minimum absolute atomic E-state index is 0.0191. The maximum absolute atomic E-state index is 11.9. The first-order valence-corrected chi connectivity index (χ1v) is 8.73. The minimum atomic E-state index is -0.0191. The number of rotatable bonds is 4. The molecule has 1 aliphatic rings. The van der Waals surface area contributed by atoms with E-state index < -0.39 is 0 Å². The Labute approximate surface area is 135 Å². The lowest BCUT2D eigenvalue weighted by atomic mass is 9.99. The van der Waals surface area contributed by atoms with E-state index in [1.807, 2.05) is 24.5 Å². The topological polar surface area (TPSA) is 37.3 Å². The van der Waals surface area contributed by atoms with Gasteiger partial charge in [0.2, 0.25) is 0 Å². The Morgan fingerprint density at radius 2 is 2.23 bits per heavy atom. The average molecular weight is 317 g/mol. The van der Waals surface area contributed by atoms with Gasteiger partial charge in [0.15, 0.2) is 0 Å². The molecule has 22 heavy (non-hydrogen) atoms. The second-order valence-corrected chi connectivity index (χ2v) is 6.88. The molecule has 0 bridgehead atoms. The van der Waals surface area contributed by atoms with Crippen LogP contribution in [-0.2, 0) is 13.6 Å². The molecule has 0 saturated carbocycles. The zero-order valence-corrected chi connectivity index (χ0v) is 14.0. The molecule has 1 N–H and O–H groups in total. The van der Waals surface area contributed by atoms with Crippen molar-refractivity contribution in [1.82, 2.24) is 14.8 Å². The second kappa shape index (κ2) is 6.67. The fraction of sp³-hybridized carbons (Fsp3) is 0.471. The first kappa shape index (κ1) is 15.3. The van der Waals surface area contributed by atoms with Crippen LogP contribution in [0.2, 0.25) is 0 Å². The summed E-state index contributed by atoms with van der Waals surface area (Å²) < 4.78 is 2.05. The molecule has 1 atom stereocenters. The highest BCUT2D eigenvalue weighted by Crippen LogP contribution is 2.33. The summed E-state index contributed by atoms with van der Waals surface area (Å²) in [6.45, 7) is 2.13. The van der Waals surface area contributed by atoms with E-state index in [-0.39, 0.29) is 5.91 Å². The van der Waals surface area contributed by atoms with Crippen molar-refractivity contribution in [3.05, 3.63) is 45.9 Å². The molecule has 3 rings (SSSR count). The number of piperidine rings is 1. The Morgan fingerprint density at radius 3 is 2.95 bits per heavy atom. The van der Waals surface area contributed by atoms with E-state index >= 15 is 0 Å². The number of carbonyl (C=O) groups excluding carboxylic acids is 1. The van der Waals surface area contributed by atoms with E-state index in [9.17, 15) is 4.79 Å². The summed E-state index contributed by atoms with van der Waals surface area (Å²) in [5.74, 6) is -0.0191. The predicted octanol–water partition coefficient (Wildman–Crippen LogP) is 3.17. The number of likely N-dealkylation sites (tertiary alicyclic amines) is 1. The quantitative estimate of drug-likeness (QED) is 0.940. The van der Waals surface area contributed by atoms with Crippen LogP contribution in [0.5, 0.6) is 0 Å². The summed E-state index contributed by atoms with van der Waals surface area (Å²) in [6.07, 6.45) is 3.68. The van der Waals surface area contributed by atoms with Crippen molar-refractivity contribution in [3.63, 3.8) is 0 Å². The van der Waals surface area contributed by atoms with Gasteiger partial charge in [-0.2, -0.15) is 0 Å². The highest BCUT2D eigenvalue weighted by molar-refractivity contribution is 7.09. The Hall–Kier alpha value is -1.59. The molecule has 2 aromatic rings. The molecule has 2 aromatic heterocycles. The van der Waals surface area contributed by atoms with Gasteiger partial charge in [-0.15, -0.1) is 11.3 Å².